The highest BCUT2D eigenvalue weighted by Crippen LogP contribution is 2.28. The molecule has 1 atom stereocenters. The monoisotopic (exact) mass is 357 g/mol. The first-order chi connectivity index (χ1) is 9.13. The summed E-state index contributed by atoms with van der Waals surface area (Å²) in [6.45, 7) is 0. The minimum absolute atomic E-state index is 0.00121. The fraction of sp³-hybridized carbons (Fsp3) is 0.455. The molecule has 1 unspecified atom stereocenters. The molecule has 0 aliphatic carbocycles. The van der Waals surface area contributed by atoms with Crippen LogP contribution in [0.15, 0.2) is 23.1 Å². The Kier molecular flexibility index (Phi) is 4.37. The lowest BCUT2D eigenvalue weighted by Crippen LogP contribution is -2.37. The Morgan fingerprint density at radius 3 is 2.40 bits per heavy atom. The minimum atomic E-state index is -3.79. The number of sulfone groups is 1. The zero-order valence-electron chi connectivity index (χ0n) is 10.6. The van der Waals surface area contributed by atoms with Crippen LogP contribution in [0.25, 0.3) is 0 Å². The smallest absolute Gasteiger partial charge is 0.229 e. The summed E-state index contributed by atoms with van der Waals surface area (Å²) < 4.78 is 48.8. The van der Waals surface area contributed by atoms with Crippen molar-refractivity contribution in [3.8, 4) is 0 Å². The van der Waals surface area contributed by atoms with Gasteiger partial charge >= 0.3 is 0 Å². The molecule has 0 aromatic heterocycles. The molecular formula is C11H13Cl2NO4S2. The Balaban J connectivity index is 2.32. The van der Waals surface area contributed by atoms with Gasteiger partial charge in [0, 0.05) is 13.1 Å². The van der Waals surface area contributed by atoms with Crippen molar-refractivity contribution in [2.24, 2.45) is 0 Å². The summed E-state index contributed by atoms with van der Waals surface area (Å²) in [5, 5.41) is 0.400. The third-order valence-electron chi connectivity index (χ3n) is 3.29. The molecule has 0 amide bonds. The molecule has 0 N–H and O–H groups in total. The van der Waals surface area contributed by atoms with Gasteiger partial charge in [-0.3, -0.25) is 0 Å². The first-order valence-electron chi connectivity index (χ1n) is 5.77. The lowest BCUT2D eigenvalue weighted by atomic mass is 10.3. The average Bonchev–Trinajstić information content (AvgIpc) is 2.72. The van der Waals surface area contributed by atoms with Crippen molar-refractivity contribution >= 4 is 43.1 Å². The predicted molar refractivity (Wildman–Crippen MR) is 78.5 cm³/mol. The zero-order chi connectivity index (χ0) is 15.1. The third-order valence-corrected chi connectivity index (χ3v) is 7.69. The number of benzene rings is 1. The summed E-state index contributed by atoms with van der Waals surface area (Å²) in [7, 11) is -5.56. The Morgan fingerprint density at radius 2 is 1.90 bits per heavy atom. The van der Waals surface area contributed by atoms with Crippen LogP contribution in [0, 0.1) is 0 Å². The van der Waals surface area contributed by atoms with Crippen LogP contribution >= 0.6 is 23.2 Å². The largest absolute Gasteiger partial charge is 0.243 e. The van der Waals surface area contributed by atoms with Gasteiger partial charge < -0.3 is 0 Å². The molecule has 0 radical (unpaired) electrons. The highest BCUT2D eigenvalue weighted by molar-refractivity contribution is 7.92. The van der Waals surface area contributed by atoms with Crippen LogP contribution in [0.1, 0.15) is 6.42 Å². The number of nitrogens with zero attached hydrogens (tertiary/aromatic N) is 1. The van der Waals surface area contributed by atoms with Gasteiger partial charge in [-0.25, -0.2) is 16.8 Å². The molecule has 1 aliphatic heterocycles. The third kappa shape index (κ3) is 3.12. The van der Waals surface area contributed by atoms with E-state index >= 15 is 0 Å². The molecule has 1 aromatic rings. The topological polar surface area (TPSA) is 71.5 Å². The standard InChI is InChI=1S/C11H13Cl2NO4S2/c1-14(8-4-5-19(15,16)7-8)20(17,18)9-2-3-10(12)11(13)6-9/h2-3,6,8H,4-5,7H2,1H3. The predicted octanol–water partition coefficient (Wildman–Crippen LogP) is 1.80. The van der Waals surface area contributed by atoms with E-state index in [1.165, 1.54) is 25.2 Å². The molecule has 0 spiro atoms. The molecule has 1 fully saturated rings. The fourth-order valence-corrected chi connectivity index (χ4v) is 5.71. The normalized spacial score (nSPS) is 22.3. The van der Waals surface area contributed by atoms with Crippen LogP contribution in [0.3, 0.4) is 0 Å². The van der Waals surface area contributed by atoms with Gasteiger partial charge in [0.15, 0.2) is 9.84 Å². The van der Waals surface area contributed by atoms with E-state index in [0.29, 0.717) is 6.42 Å². The second kappa shape index (κ2) is 5.46. The molecule has 5 nitrogen and oxygen atoms in total. The van der Waals surface area contributed by atoms with Gasteiger partial charge in [0.25, 0.3) is 0 Å². The molecule has 1 saturated heterocycles. The van der Waals surface area contributed by atoms with Crippen molar-refractivity contribution in [2.75, 3.05) is 18.6 Å². The van der Waals surface area contributed by atoms with E-state index in [1.54, 1.807) is 0 Å². The second-order valence-electron chi connectivity index (χ2n) is 4.65. The van der Waals surface area contributed by atoms with Gasteiger partial charge in [-0.2, -0.15) is 4.31 Å². The maximum atomic E-state index is 12.4. The Morgan fingerprint density at radius 1 is 1.25 bits per heavy atom. The molecule has 1 aromatic carbocycles. The summed E-state index contributed by atoms with van der Waals surface area (Å²) >= 11 is 11.6. The van der Waals surface area contributed by atoms with Crippen molar-refractivity contribution in [3.63, 3.8) is 0 Å². The van der Waals surface area contributed by atoms with Crippen molar-refractivity contribution in [1.29, 1.82) is 0 Å². The SMILES string of the molecule is CN(C1CCS(=O)(=O)C1)S(=O)(=O)c1ccc(Cl)c(Cl)c1. The summed E-state index contributed by atoms with van der Waals surface area (Å²) in [5.41, 5.74) is 0. The molecule has 112 valence electrons. The van der Waals surface area contributed by atoms with Crippen LogP contribution < -0.4 is 0 Å². The molecule has 20 heavy (non-hydrogen) atoms. The summed E-state index contributed by atoms with van der Waals surface area (Å²) in [4.78, 5) is -0.00121. The molecule has 0 bridgehead atoms. The highest BCUT2D eigenvalue weighted by atomic mass is 35.5. The van der Waals surface area contributed by atoms with Crippen molar-refractivity contribution in [3.05, 3.63) is 28.2 Å². The highest BCUT2D eigenvalue weighted by Gasteiger charge is 2.36. The second-order valence-corrected chi connectivity index (χ2v) is 9.69. The molecule has 2 rings (SSSR count). The molecule has 1 aliphatic rings. The minimum Gasteiger partial charge on any atom is -0.229 e. The Labute approximate surface area is 128 Å². The summed E-state index contributed by atoms with van der Waals surface area (Å²) in [5.74, 6) is -0.136. The molecular weight excluding hydrogens is 345 g/mol. The van der Waals surface area contributed by atoms with Crippen molar-refractivity contribution in [1.82, 2.24) is 4.31 Å². The molecule has 1 heterocycles. The van der Waals surface area contributed by atoms with Crippen LogP contribution in [0.2, 0.25) is 10.0 Å². The summed E-state index contributed by atoms with van der Waals surface area (Å²) in [6, 6.07) is 3.47. The average molecular weight is 358 g/mol. The summed E-state index contributed by atoms with van der Waals surface area (Å²) in [6.07, 6.45) is 0.305. The van der Waals surface area contributed by atoms with E-state index in [1.807, 2.05) is 0 Å². The van der Waals surface area contributed by atoms with Crippen LogP contribution in [0.4, 0.5) is 0 Å². The number of sulfonamides is 1. The van der Waals surface area contributed by atoms with Crippen molar-refractivity contribution < 1.29 is 16.8 Å². The van der Waals surface area contributed by atoms with E-state index in [2.05, 4.69) is 0 Å². The van der Waals surface area contributed by atoms with Gasteiger partial charge in [-0.05, 0) is 24.6 Å². The Bertz CT molecular complexity index is 731. The van der Waals surface area contributed by atoms with Gasteiger partial charge in [-0.1, -0.05) is 23.2 Å². The van der Waals surface area contributed by atoms with E-state index in [9.17, 15) is 16.8 Å². The van der Waals surface area contributed by atoms with E-state index in [-0.39, 0.29) is 26.4 Å². The lowest BCUT2D eigenvalue weighted by molar-refractivity contribution is 0.394. The van der Waals surface area contributed by atoms with E-state index < -0.39 is 25.9 Å². The first kappa shape index (κ1) is 16.0. The zero-order valence-corrected chi connectivity index (χ0v) is 13.7. The van der Waals surface area contributed by atoms with Crippen molar-refractivity contribution in [2.45, 2.75) is 17.4 Å². The van der Waals surface area contributed by atoms with Gasteiger partial charge in [0.05, 0.1) is 26.4 Å². The van der Waals surface area contributed by atoms with E-state index in [0.717, 1.165) is 4.31 Å². The maximum absolute atomic E-state index is 12.4. The molecule has 9 heteroatoms. The number of halogens is 2. The fourth-order valence-electron chi connectivity index (χ4n) is 2.06. The van der Waals surface area contributed by atoms with Gasteiger partial charge in [0.2, 0.25) is 10.0 Å². The lowest BCUT2D eigenvalue weighted by Gasteiger charge is -2.22. The van der Waals surface area contributed by atoms with E-state index in [4.69, 9.17) is 23.2 Å². The quantitative estimate of drug-likeness (QED) is 0.826. The Hall–Kier alpha value is -0.340. The number of hydrogen-bond donors (Lipinski definition) is 0. The van der Waals surface area contributed by atoms with Crippen LogP contribution in [0.5, 0.6) is 0 Å². The molecule has 0 saturated carbocycles. The van der Waals surface area contributed by atoms with Gasteiger partial charge in [-0.15, -0.1) is 0 Å². The number of rotatable bonds is 3. The maximum Gasteiger partial charge on any atom is 0.243 e. The first-order valence-corrected chi connectivity index (χ1v) is 9.79. The van der Waals surface area contributed by atoms with Crippen LogP contribution in [-0.2, 0) is 19.9 Å². The van der Waals surface area contributed by atoms with Gasteiger partial charge in [0.1, 0.15) is 0 Å². The van der Waals surface area contributed by atoms with Crippen LogP contribution in [-0.4, -0.2) is 45.7 Å². The number of hydrogen-bond acceptors (Lipinski definition) is 4.